The summed E-state index contributed by atoms with van der Waals surface area (Å²) in [6.07, 6.45) is -1.06. The summed E-state index contributed by atoms with van der Waals surface area (Å²) in [5.74, 6) is -1.09. The lowest BCUT2D eigenvalue weighted by Gasteiger charge is -2.18. The third-order valence-electron chi connectivity index (χ3n) is 5.37. The molecule has 1 heterocycles. The van der Waals surface area contributed by atoms with Gasteiger partial charge in [-0.15, -0.1) is 0 Å². The highest BCUT2D eigenvalue weighted by Crippen LogP contribution is 2.29. The molecule has 0 atom stereocenters. The van der Waals surface area contributed by atoms with E-state index >= 15 is 0 Å². The number of carboxylic acid groups (broad SMARTS) is 1. The number of likely N-dealkylation sites (N-methyl/N-ethyl adjacent to an activating group) is 1. The molecule has 14 heteroatoms. The minimum Gasteiger partial charge on any atom is -0.465 e. The van der Waals surface area contributed by atoms with Gasteiger partial charge in [0.2, 0.25) is 11.8 Å². The maximum Gasteiger partial charge on any atom is 0.413 e. The molecule has 1 aliphatic heterocycles. The summed E-state index contributed by atoms with van der Waals surface area (Å²) < 4.78 is 24.9. The highest BCUT2D eigenvalue weighted by Gasteiger charge is 2.24. The van der Waals surface area contributed by atoms with E-state index in [0.29, 0.717) is 24.5 Å². The molecule has 0 bridgehead atoms. The van der Waals surface area contributed by atoms with Gasteiger partial charge in [0.25, 0.3) is 0 Å². The molecule has 0 saturated heterocycles. The van der Waals surface area contributed by atoms with E-state index in [-0.39, 0.29) is 40.5 Å². The van der Waals surface area contributed by atoms with E-state index in [4.69, 9.17) is 23.2 Å². The van der Waals surface area contributed by atoms with E-state index in [9.17, 15) is 27.9 Å². The number of nitrogens with one attached hydrogen (secondary N) is 2. The van der Waals surface area contributed by atoms with Crippen LogP contribution in [-0.4, -0.2) is 86.2 Å². The minimum absolute atomic E-state index is 0.0171. The zero-order chi connectivity index (χ0) is 27.2. The van der Waals surface area contributed by atoms with Crippen LogP contribution in [0.2, 0.25) is 10.0 Å². The molecule has 0 unspecified atom stereocenters. The van der Waals surface area contributed by atoms with Crippen molar-refractivity contribution >= 4 is 56.8 Å². The summed E-state index contributed by atoms with van der Waals surface area (Å²) in [4.78, 5) is 42.4. The highest BCUT2D eigenvalue weighted by atomic mass is 35.5. The Balaban J connectivity index is 1.44. The Bertz CT molecular complexity index is 1300. The van der Waals surface area contributed by atoms with E-state index < -0.39 is 27.7 Å². The number of benzene rings is 2. The molecule has 0 fully saturated rings. The second-order valence-electron chi connectivity index (χ2n) is 8.10. The number of hydrogen-bond acceptors (Lipinski definition) is 7. The van der Waals surface area contributed by atoms with Crippen molar-refractivity contribution in [2.75, 3.05) is 39.1 Å². The predicted octanol–water partition coefficient (Wildman–Crippen LogP) is 1.83. The zero-order valence-electron chi connectivity index (χ0n) is 19.8. The van der Waals surface area contributed by atoms with Crippen LogP contribution in [0.1, 0.15) is 11.1 Å². The van der Waals surface area contributed by atoms with Gasteiger partial charge in [-0.1, -0.05) is 53.5 Å². The number of carbonyl (C=O) groups excluding carboxylic acids is 2. The molecule has 0 aliphatic carbocycles. The maximum absolute atomic E-state index is 12.5. The minimum atomic E-state index is -3.88. The molecule has 3 rings (SSSR count). The Morgan fingerprint density at radius 3 is 2.35 bits per heavy atom. The first-order chi connectivity index (χ1) is 17.5. The normalized spacial score (nSPS) is 13.3. The molecule has 11 nitrogen and oxygen atoms in total. The van der Waals surface area contributed by atoms with E-state index in [1.165, 1.54) is 28.0 Å². The molecule has 1 aliphatic rings. The first kappa shape index (κ1) is 28.4. The number of aliphatic imine (C=N–C) groups is 1. The number of nitrogens with zero attached hydrogens (tertiary/aromatic N) is 3. The van der Waals surface area contributed by atoms with Crippen molar-refractivity contribution in [1.29, 1.82) is 0 Å². The second-order valence-corrected chi connectivity index (χ2v) is 10.8. The molecule has 3 N–H and O–H groups in total. The molecular formula is C23H25Cl2N5O6S. The van der Waals surface area contributed by atoms with Crippen molar-refractivity contribution in [3.63, 3.8) is 0 Å². The van der Waals surface area contributed by atoms with E-state index in [2.05, 4.69) is 15.6 Å². The smallest absolute Gasteiger partial charge is 0.413 e. The Morgan fingerprint density at radius 2 is 1.73 bits per heavy atom. The lowest BCUT2D eigenvalue weighted by atomic mass is 10.1. The van der Waals surface area contributed by atoms with Crippen LogP contribution in [-0.2, 0) is 26.0 Å². The summed E-state index contributed by atoms with van der Waals surface area (Å²) in [7, 11) is -2.30. The van der Waals surface area contributed by atoms with Crippen LogP contribution in [0, 0.1) is 0 Å². The van der Waals surface area contributed by atoms with Crippen molar-refractivity contribution in [2.45, 2.75) is 11.4 Å². The topological polar surface area (TPSA) is 148 Å². The fraction of sp³-hybridized carbons (Fsp3) is 0.304. The van der Waals surface area contributed by atoms with Crippen LogP contribution in [0.4, 0.5) is 4.79 Å². The molecule has 0 radical (unpaired) electrons. The van der Waals surface area contributed by atoms with Gasteiger partial charge in [-0.25, -0.2) is 13.2 Å². The summed E-state index contributed by atoms with van der Waals surface area (Å²) in [6.45, 7) is 0.378. The van der Waals surface area contributed by atoms with Crippen LogP contribution in [0.5, 0.6) is 0 Å². The van der Waals surface area contributed by atoms with Gasteiger partial charge in [0.05, 0.1) is 36.2 Å². The third-order valence-corrected chi connectivity index (χ3v) is 7.87. The fourth-order valence-electron chi connectivity index (χ4n) is 3.52. The Kier molecular flexibility index (Phi) is 9.49. The Hall–Kier alpha value is -3.19. The van der Waals surface area contributed by atoms with Crippen LogP contribution in [0.15, 0.2) is 52.4 Å². The van der Waals surface area contributed by atoms with Crippen molar-refractivity contribution in [3.05, 3.63) is 63.6 Å². The summed E-state index contributed by atoms with van der Waals surface area (Å²) in [6, 6.07) is 11.4. The van der Waals surface area contributed by atoms with E-state index in [1.807, 2.05) is 0 Å². The van der Waals surface area contributed by atoms with Gasteiger partial charge in [0, 0.05) is 19.2 Å². The van der Waals surface area contributed by atoms with Gasteiger partial charge in [0.15, 0.2) is 9.84 Å². The maximum atomic E-state index is 12.5. The molecule has 2 aromatic carbocycles. The summed E-state index contributed by atoms with van der Waals surface area (Å²) in [5.41, 5.74) is 1.47. The first-order valence-corrected chi connectivity index (χ1v) is 13.4. The molecule has 0 aromatic heterocycles. The molecule has 198 valence electrons. The Labute approximate surface area is 224 Å². The third kappa shape index (κ3) is 7.41. The second kappa shape index (κ2) is 12.4. The van der Waals surface area contributed by atoms with Gasteiger partial charge in [-0.2, -0.15) is 0 Å². The van der Waals surface area contributed by atoms with Gasteiger partial charge >= 0.3 is 6.09 Å². The lowest BCUT2D eigenvalue weighted by Crippen LogP contribution is -2.42. The predicted molar refractivity (Wildman–Crippen MR) is 139 cm³/mol. The number of halogens is 2. The number of rotatable bonds is 10. The largest absolute Gasteiger partial charge is 0.465 e. The lowest BCUT2D eigenvalue weighted by molar-refractivity contribution is -0.132. The van der Waals surface area contributed by atoms with Crippen molar-refractivity contribution in [3.8, 4) is 0 Å². The van der Waals surface area contributed by atoms with Crippen LogP contribution in [0.3, 0.4) is 0 Å². The van der Waals surface area contributed by atoms with Gasteiger partial charge in [-0.3, -0.25) is 24.8 Å². The standard InChI is InChI=1S/C23H25Cl2N5O6S/c1-29(13-15-5-7-16(8-6-15)22-27-9-10-30(22)23(33)34)20(32)12-28-19(31)11-26-14-37(35,36)21-17(24)3-2-4-18(21)25/h2-8,26H,9-14H2,1H3,(H,28,31)(H,33,34). The molecule has 0 spiro atoms. The molecule has 2 aromatic rings. The number of amidine groups is 1. The number of sulfone groups is 1. The number of carbonyl (C=O) groups is 3. The molecular weight excluding hydrogens is 545 g/mol. The summed E-state index contributed by atoms with van der Waals surface area (Å²) >= 11 is 11.9. The van der Waals surface area contributed by atoms with Crippen molar-refractivity contribution in [2.24, 2.45) is 4.99 Å². The monoisotopic (exact) mass is 569 g/mol. The van der Waals surface area contributed by atoms with Crippen molar-refractivity contribution in [1.82, 2.24) is 20.4 Å². The zero-order valence-corrected chi connectivity index (χ0v) is 22.1. The van der Waals surface area contributed by atoms with Gasteiger partial charge in [0.1, 0.15) is 16.6 Å². The average Bonchev–Trinajstić information content (AvgIpc) is 3.33. The van der Waals surface area contributed by atoms with Crippen LogP contribution < -0.4 is 10.6 Å². The molecule has 0 saturated carbocycles. The quantitative estimate of drug-likeness (QED) is 0.395. The van der Waals surface area contributed by atoms with E-state index in [0.717, 1.165) is 5.56 Å². The number of amides is 3. The van der Waals surface area contributed by atoms with E-state index in [1.54, 1.807) is 31.3 Å². The van der Waals surface area contributed by atoms with Gasteiger partial charge < -0.3 is 15.3 Å². The highest BCUT2D eigenvalue weighted by molar-refractivity contribution is 7.91. The van der Waals surface area contributed by atoms with Crippen LogP contribution >= 0.6 is 23.2 Å². The average molecular weight is 570 g/mol. The van der Waals surface area contributed by atoms with Gasteiger partial charge in [-0.05, 0) is 17.7 Å². The van der Waals surface area contributed by atoms with Crippen LogP contribution in [0.25, 0.3) is 0 Å². The fourth-order valence-corrected chi connectivity index (χ4v) is 5.87. The van der Waals surface area contributed by atoms with Crippen molar-refractivity contribution < 1.29 is 27.9 Å². The molecule has 3 amide bonds. The Morgan fingerprint density at radius 1 is 1.08 bits per heavy atom. The summed E-state index contributed by atoms with van der Waals surface area (Å²) in [5, 5.41) is 14.2. The number of hydrogen-bond donors (Lipinski definition) is 3. The molecule has 37 heavy (non-hydrogen) atoms. The first-order valence-electron chi connectivity index (χ1n) is 11.0. The SMILES string of the molecule is CN(Cc1ccc(C2=NCCN2C(=O)O)cc1)C(=O)CNC(=O)CNCS(=O)(=O)c1c(Cl)cccc1Cl.